The van der Waals surface area contributed by atoms with Gasteiger partial charge in [-0.2, -0.15) is 0 Å². The summed E-state index contributed by atoms with van der Waals surface area (Å²) in [5, 5.41) is 10.3. The van der Waals surface area contributed by atoms with Crippen LogP contribution in [0.15, 0.2) is 36.4 Å². The second-order valence-electron chi connectivity index (χ2n) is 4.86. The monoisotopic (exact) mass is 254 g/mol. The molecule has 2 aromatic rings. The number of hydrogen-bond acceptors (Lipinski definition) is 1. The van der Waals surface area contributed by atoms with Crippen molar-refractivity contribution < 1.29 is 5.11 Å². The lowest BCUT2D eigenvalue weighted by Gasteiger charge is -2.13. The van der Waals surface area contributed by atoms with Gasteiger partial charge < -0.3 is 5.11 Å². The van der Waals surface area contributed by atoms with Gasteiger partial charge in [0.2, 0.25) is 0 Å². The first-order valence-electron chi connectivity index (χ1n) is 7.14. The quantitative estimate of drug-likeness (QED) is 0.835. The van der Waals surface area contributed by atoms with E-state index in [2.05, 4.69) is 51.1 Å². The van der Waals surface area contributed by atoms with Gasteiger partial charge >= 0.3 is 0 Å². The number of benzene rings is 2. The molecule has 1 N–H and O–H groups in total. The second kappa shape index (κ2) is 5.92. The van der Waals surface area contributed by atoms with Gasteiger partial charge in [-0.15, -0.1) is 0 Å². The summed E-state index contributed by atoms with van der Waals surface area (Å²) in [6.45, 7) is 6.33. The highest BCUT2D eigenvalue weighted by atomic mass is 16.3. The molecule has 0 spiro atoms. The van der Waals surface area contributed by atoms with Crippen LogP contribution in [-0.2, 0) is 19.3 Å². The van der Waals surface area contributed by atoms with Crippen molar-refractivity contribution in [2.24, 2.45) is 0 Å². The van der Waals surface area contributed by atoms with E-state index in [0.717, 1.165) is 36.0 Å². The first-order valence-corrected chi connectivity index (χ1v) is 7.14. The molecule has 0 unspecified atom stereocenters. The van der Waals surface area contributed by atoms with Crippen LogP contribution in [0.5, 0.6) is 5.75 Å². The summed E-state index contributed by atoms with van der Waals surface area (Å²) in [6.07, 6.45) is 2.78. The molecule has 1 heteroatoms. The van der Waals surface area contributed by atoms with Gasteiger partial charge in [0.05, 0.1) is 0 Å². The Morgan fingerprint density at radius 1 is 0.789 bits per heavy atom. The molecule has 0 aliphatic carbocycles. The Kier molecular flexibility index (Phi) is 4.26. The van der Waals surface area contributed by atoms with Crippen molar-refractivity contribution in [3.63, 3.8) is 0 Å². The van der Waals surface area contributed by atoms with E-state index in [1.54, 1.807) is 0 Å². The van der Waals surface area contributed by atoms with Crippen molar-refractivity contribution in [1.82, 2.24) is 0 Å². The lowest BCUT2D eigenvalue weighted by molar-refractivity contribution is 0.463. The van der Waals surface area contributed by atoms with Crippen LogP contribution in [0.25, 0.3) is 11.1 Å². The van der Waals surface area contributed by atoms with E-state index in [1.165, 1.54) is 11.1 Å². The Morgan fingerprint density at radius 2 is 1.47 bits per heavy atom. The van der Waals surface area contributed by atoms with Crippen LogP contribution >= 0.6 is 0 Å². The fourth-order valence-electron chi connectivity index (χ4n) is 2.52. The molecule has 0 radical (unpaired) electrons. The lowest BCUT2D eigenvalue weighted by atomic mass is 9.93. The third-order valence-corrected chi connectivity index (χ3v) is 3.77. The van der Waals surface area contributed by atoms with Crippen molar-refractivity contribution in [2.75, 3.05) is 0 Å². The molecule has 0 aromatic heterocycles. The molecule has 0 saturated heterocycles. The van der Waals surface area contributed by atoms with E-state index in [-0.39, 0.29) is 0 Å². The van der Waals surface area contributed by atoms with Crippen LogP contribution in [0.4, 0.5) is 0 Å². The largest absolute Gasteiger partial charge is 0.507 e. The average molecular weight is 254 g/mol. The van der Waals surface area contributed by atoms with Gasteiger partial charge in [-0.05, 0) is 41.5 Å². The van der Waals surface area contributed by atoms with E-state index >= 15 is 0 Å². The molecule has 0 bridgehead atoms. The van der Waals surface area contributed by atoms with Crippen LogP contribution < -0.4 is 0 Å². The SMILES string of the molecule is CCc1ccc(-c2ccc(CC)c(O)c2CC)cc1. The van der Waals surface area contributed by atoms with Gasteiger partial charge in [0.1, 0.15) is 5.75 Å². The molecule has 100 valence electrons. The molecule has 0 fully saturated rings. The zero-order chi connectivity index (χ0) is 13.8. The van der Waals surface area contributed by atoms with Crippen molar-refractivity contribution in [2.45, 2.75) is 40.0 Å². The summed E-state index contributed by atoms with van der Waals surface area (Å²) < 4.78 is 0. The maximum atomic E-state index is 10.3. The molecular formula is C18H22O. The number of phenols is 1. The lowest BCUT2D eigenvalue weighted by Crippen LogP contribution is -1.93. The Balaban J connectivity index is 2.51. The minimum Gasteiger partial charge on any atom is -0.507 e. The van der Waals surface area contributed by atoms with Gasteiger partial charge in [-0.25, -0.2) is 0 Å². The standard InChI is InChI=1S/C18H22O/c1-4-13-7-9-15(10-8-13)17-12-11-14(5-2)18(19)16(17)6-3/h7-12,19H,4-6H2,1-3H3. The minimum atomic E-state index is 0.474. The number of hydrogen-bond donors (Lipinski definition) is 1. The molecular weight excluding hydrogens is 232 g/mol. The normalized spacial score (nSPS) is 10.7. The number of phenolic OH excluding ortho intramolecular Hbond substituents is 1. The average Bonchev–Trinajstić information content (AvgIpc) is 2.47. The summed E-state index contributed by atoms with van der Waals surface area (Å²) in [5.41, 5.74) is 5.78. The summed E-state index contributed by atoms with van der Waals surface area (Å²) in [6, 6.07) is 12.8. The van der Waals surface area contributed by atoms with E-state index in [0.29, 0.717) is 5.75 Å². The highest BCUT2D eigenvalue weighted by Crippen LogP contribution is 2.33. The van der Waals surface area contributed by atoms with Crippen molar-refractivity contribution in [3.05, 3.63) is 53.1 Å². The van der Waals surface area contributed by atoms with E-state index in [9.17, 15) is 5.11 Å². The smallest absolute Gasteiger partial charge is 0.122 e. The molecule has 0 atom stereocenters. The summed E-state index contributed by atoms with van der Waals surface area (Å²) in [5.74, 6) is 0.474. The maximum Gasteiger partial charge on any atom is 0.122 e. The second-order valence-corrected chi connectivity index (χ2v) is 4.86. The minimum absolute atomic E-state index is 0.474. The van der Waals surface area contributed by atoms with Crippen LogP contribution in [0.2, 0.25) is 0 Å². The van der Waals surface area contributed by atoms with Gasteiger partial charge in [0.15, 0.2) is 0 Å². The summed E-state index contributed by atoms with van der Waals surface area (Å²) in [7, 11) is 0. The van der Waals surface area contributed by atoms with Crippen LogP contribution in [0.1, 0.15) is 37.5 Å². The molecule has 0 aliphatic heterocycles. The van der Waals surface area contributed by atoms with Crippen LogP contribution in [-0.4, -0.2) is 5.11 Å². The molecule has 2 aromatic carbocycles. The number of aromatic hydroxyl groups is 1. The Labute approximate surface area is 115 Å². The van der Waals surface area contributed by atoms with E-state index < -0.39 is 0 Å². The van der Waals surface area contributed by atoms with Crippen molar-refractivity contribution in [3.8, 4) is 16.9 Å². The Morgan fingerprint density at radius 3 is 2.00 bits per heavy atom. The van der Waals surface area contributed by atoms with Gasteiger partial charge in [0.25, 0.3) is 0 Å². The first kappa shape index (κ1) is 13.7. The highest BCUT2D eigenvalue weighted by Gasteiger charge is 2.11. The Hall–Kier alpha value is -1.76. The number of rotatable bonds is 4. The topological polar surface area (TPSA) is 20.2 Å². The van der Waals surface area contributed by atoms with Crippen LogP contribution in [0.3, 0.4) is 0 Å². The number of aryl methyl sites for hydroxylation is 2. The predicted molar refractivity (Wildman–Crippen MR) is 81.7 cm³/mol. The maximum absolute atomic E-state index is 10.3. The zero-order valence-electron chi connectivity index (χ0n) is 12.0. The molecule has 0 saturated carbocycles. The van der Waals surface area contributed by atoms with Crippen LogP contribution in [0, 0.1) is 0 Å². The highest BCUT2D eigenvalue weighted by molar-refractivity contribution is 5.71. The Bertz CT molecular complexity index is 553. The fourth-order valence-corrected chi connectivity index (χ4v) is 2.52. The van der Waals surface area contributed by atoms with Crippen molar-refractivity contribution >= 4 is 0 Å². The fraction of sp³-hybridized carbons (Fsp3) is 0.333. The molecule has 0 aliphatic rings. The third kappa shape index (κ3) is 2.65. The summed E-state index contributed by atoms with van der Waals surface area (Å²) in [4.78, 5) is 0. The zero-order valence-corrected chi connectivity index (χ0v) is 12.0. The van der Waals surface area contributed by atoms with Gasteiger partial charge in [-0.3, -0.25) is 0 Å². The summed E-state index contributed by atoms with van der Waals surface area (Å²) >= 11 is 0. The van der Waals surface area contributed by atoms with E-state index in [1.807, 2.05) is 6.07 Å². The molecule has 0 heterocycles. The van der Waals surface area contributed by atoms with Gasteiger partial charge in [-0.1, -0.05) is 57.2 Å². The van der Waals surface area contributed by atoms with Gasteiger partial charge in [0, 0.05) is 5.56 Å². The molecule has 2 rings (SSSR count). The van der Waals surface area contributed by atoms with Crippen molar-refractivity contribution in [1.29, 1.82) is 0 Å². The first-order chi connectivity index (χ1) is 9.21. The third-order valence-electron chi connectivity index (χ3n) is 3.77. The molecule has 0 amide bonds. The predicted octanol–water partition coefficient (Wildman–Crippen LogP) is 4.75. The van der Waals surface area contributed by atoms with E-state index in [4.69, 9.17) is 0 Å². The molecule has 19 heavy (non-hydrogen) atoms. The molecule has 1 nitrogen and oxygen atoms in total.